The van der Waals surface area contributed by atoms with E-state index in [0.29, 0.717) is 25.3 Å². The third kappa shape index (κ3) is 5.41. The molecule has 0 unspecified atom stereocenters. The number of hydrogen-bond acceptors (Lipinski definition) is 4. The van der Waals surface area contributed by atoms with Crippen LogP contribution >= 0.6 is 11.6 Å². The Morgan fingerprint density at radius 3 is 2.64 bits per heavy atom. The van der Waals surface area contributed by atoms with Gasteiger partial charge in [0.15, 0.2) is 0 Å². The summed E-state index contributed by atoms with van der Waals surface area (Å²) < 4.78 is 32.1. The molecule has 1 aromatic carbocycles. The van der Waals surface area contributed by atoms with Gasteiger partial charge in [-0.3, -0.25) is 4.79 Å². The van der Waals surface area contributed by atoms with Gasteiger partial charge in [-0.15, -0.1) is 0 Å². The van der Waals surface area contributed by atoms with Crippen molar-refractivity contribution in [2.75, 3.05) is 32.8 Å². The minimum absolute atomic E-state index is 0.0327. The Kier molecular flexibility index (Phi) is 7.68. The van der Waals surface area contributed by atoms with Gasteiger partial charge in [-0.05, 0) is 24.6 Å². The fourth-order valence-electron chi connectivity index (χ4n) is 2.62. The maximum absolute atomic E-state index is 12.8. The number of sulfonamides is 1. The van der Waals surface area contributed by atoms with Crippen LogP contribution in [0.3, 0.4) is 0 Å². The van der Waals surface area contributed by atoms with E-state index in [1.165, 1.54) is 16.4 Å². The summed E-state index contributed by atoms with van der Waals surface area (Å²) in [5, 5.41) is 2.94. The first-order valence-corrected chi connectivity index (χ1v) is 10.4. The van der Waals surface area contributed by atoms with E-state index in [1.807, 2.05) is 0 Å². The number of rotatable bonds is 8. The Balaban J connectivity index is 2.10. The van der Waals surface area contributed by atoms with Crippen LogP contribution in [0.5, 0.6) is 0 Å². The van der Waals surface area contributed by atoms with Crippen LogP contribution in [0.1, 0.15) is 43.0 Å². The normalized spacial score (nSPS) is 15.9. The third-order valence-corrected chi connectivity index (χ3v) is 6.48. The van der Waals surface area contributed by atoms with Crippen molar-refractivity contribution in [3.8, 4) is 0 Å². The van der Waals surface area contributed by atoms with Gasteiger partial charge < -0.3 is 10.1 Å². The van der Waals surface area contributed by atoms with E-state index in [9.17, 15) is 13.2 Å². The van der Waals surface area contributed by atoms with Crippen molar-refractivity contribution >= 4 is 27.5 Å². The molecule has 2 rings (SSSR count). The smallest absolute Gasteiger partial charge is 0.251 e. The molecule has 1 amide bonds. The number of halogens is 1. The molecule has 0 aliphatic carbocycles. The number of unbranched alkanes of at least 4 members (excludes halogenated alkanes) is 3. The molecule has 0 bridgehead atoms. The first kappa shape index (κ1) is 20.2. The zero-order valence-corrected chi connectivity index (χ0v) is 16.0. The van der Waals surface area contributed by atoms with Crippen LogP contribution in [0.25, 0.3) is 0 Å². The SMILES string of the molecule is CCCCCCNC(=O)c1ccc(Cl)c(S(=O)(=O)N2CCOCC2)c1. The lowest BCUT2D eigenvalue weighted by Crippen LogP contribution is -2.40. The molecule has 0 atom stereocenters. The van der Waals surface area contributed by atoms with Crippen molar-refractivity contribution < 1.29 is 17.9 Å². The molecule has 1 fully saturated rings. The van der Waals surface area contributed by atoms with Gasteiger partial charge in [-0.25, -0.2) is 8.42 Å². The zero-order chi connectivity index (χ0) is 18.3. The fourth-order valence-corrected chi connectivity index (χ4v) is 4.53. The molecule has 140 valence electrons. The van der Waals surface area contributed by atoms with Crippen molar-refractivity contribution in [2.45, 2.75) is 37.5 Å². The molecule has 0 saturated carbocycles. The van der Waals surface area contributed by atoms with Gasteiger partial charge in [0.05, 0.1) is 18.2 Å². The van der Waals surface area contributed by atoms with E-state index >= 15 is 0 Å². The topological polar surface area (TPSA) is 75.7 Å². The average Bonchev–Trinajstić information content (AvgIpc) is 2.62. The molecule has 0 aromatic heterocycles. The highest BCUT2D eigenvalue weighted by atomic mass is 35.5. The molecule has 0 spiro atoms. The lowest BCUT2D eigenvalue weighted by atomic mass is 10.2. The Labute approximate surface area is 154 Å². The number of nitrogens with zero attached hydrogens (tertiary/aromatic N) is 1. The maximum atomic E-state index is 12.8. The number of benzene rings is 1. The van der Waals surface area contributed by atoms with Gasteiger partial charge in [0.1, 0.15) is 4.90 Å². The quantitative estimate of drug-likeness (QED) is 0.694. The maximum Gasteiger partial charge on any atom is 0.251 e. The Hall–Kier alpha value is -1.15. The van der Waals surface area contributed by atoms with E-state index in [2.05, 4.69) is 12.2 Å². The van der Waals surface area contributed by atoms with Crippen molar-refractivity contribution in [1.29, 1.82) is 0 Å². The summed E-state index contributed by atoms with van der Waals surface area (Å²) in [6.07, 6.45) is 4.24. The van der Waals surface area contributed by atoms with Gasteiger partial charge in [0.2, 0.25) is 10.0 Å². The van der Waals surface area contributed by atoms with Gasteiger partial charge in [-0.2, -0.15) is 4.31 Å². The minimum atomic E-state index is -3.74. The average molecular weight is 389 g/mol. The second-order valence-electron chi connectivity index (χ2n) is 5.98. The van der Waals surface area contributed by atoms with Gasteiger partial charge in [-0.1, -0.05) is 37.8 Å². The van der Waals surface area contributed by atoms with Crippen LogP contribution in [-0.4, -0.2) is 51.5 Å². The van der Waals surface area contributed by atoms with E-state index in [4.69, 9.17) is 16.3 Å². The number of amides is 1. The molecule has 6 nitrogen and oxygen atoms in total. The van der Waals surface area contributed by atoms with Crippen LogP contribution < -0.4 is 5.32 Å². The van der Waals surface area contributed by atoms with E-state index in [0.717, 1.165) is 25.7 Å². The lowest BCUT2D eigenvalue weighted by molar-refractivity contribution is 0.0730. The van der Waals surface area contributed by atoms with Gasteiger partial charge in [0, 0.05) is 25.2 Å². The van der Waals surface area contributed by atoms with Crippen LogP contribution in [0.4, 0.5) is 0 Å². The molecule has 1 heterocycles. The Bertz CT molecular complexity index is 688. The number of carbonyl (C=O) groups is 1. The lowest BCUT2D eigenvalue weighted by Gasteiger charge is -2.26. The standard InChI is InChI=1S/C17H25ClN2O4S/c1-2-3-4-5-8-19-17(21)14-6-7-15(18)16(13-14)25(22,23)20-9-11-24-12-10-20/h6-7,13H,2-5,8-12H2,1H3,(H,19,21). The summed E-state index contributed by atoms with van der Waals surface area (Å²) in [5.74, 6) is -0.286. The molecule has 0 radical (unpaired) electrons. The van der Waals surface area contributed by atoms with E-state index in [-0.39, 0.29) is 28.9 Å². The number of hydrogen-bond donors (Lipinski definition) is 1. The summed E-state index contributed by atoms with van der Waals surface area (Å²) in [7, 11) is -3.74. The van der Waals surface area contributed by atoms with Crippen LogP contribution in [0.2, 0.25) is 5.02 Å². The van der Waals surface area contributed by atoms with Crippen LogP contribution in [0.15, 0.2) is 23.1 Å². The Morgan fingerprint density at radius 2 is 1.96 bits per heavy atom. The van der Waals surface area contributed by atoms with Gasteiger partial charge in [0.25, 0.3) is 5.91 Å². The summed E-state index contributed by atoms with van der Waals surface area (Å²) in [5.41, 5.74) is 0.298. The van der Waals surface area contributed by atoms with Crippen LogP contribution in [-0.2, 0) is 14.8 Å². The molecule has 1 aliphatic heterocycles. The zero-order valence-electron chi connectivity index (χ0n) is 14.5. The molecule has 1 aliphatic rings. The number of ether oxygens (including phenoxy) is 1. The molecular formula is C17H25ClN2O4S. The number of morpholine rings is 1. The fraction of sp³-hybridized carbons (Fsp3) is 0.588. The highest BCUT2D eigenvalue weighted by Gasteiger charge is 2.29. The molecular weight excluding hydrogens is 364 g/mol. The first-order chi connectivity index (χ1) is 12.0. The van der Waals surface area contributed by atoms with Gasteiger partial charge >= 0.3 is 0 Å². The van der Waals surface area contributed by atoms with E-state index < -0.39 is 10.0 Å². The first-order valence-electron chi connectivity index (χ1n) is 8.62. The second-order valence-corrected chi connectivity index (χ2v) is 8.29. The molecule has 1 N–H and O–H groups in total. The predicted octanol–water partition coefficient (Wildman–Crippen LogP) is 2.67. The summed E-state index contributed by atoms with van der Waals surface area (Å²) in [6.45, 7) is 3.98. The highest BCUT2D eigenvalue weighted by molar-refractivity contribution is 7.89. The van der Waals surface area contributed by atoms with Crippen molar-refractivity contribution in [2.24, 2.45) is 0 Å². The third-order valence-electron chi connectivity index (χ3n) is 4.10. The number of carbonyl (C=O) groups excluding carboxylic acids is 1. The summed E-state index contributed by atoms with van der Waals surface area (Å²) >= 11 is 6.10. The Morgan fingerprint density at radius 1 is 1.24 bits per heavy atom. The van der Waals surface area contributed by atoms with Crippen molar-refractivity contribution in [1.82, 2.24) is 9.62 Å². The summed E-state index contributed by atoms with van der Waals surface area (Å²) in [4.78, 5) is 12.2. The van der Waals surface area contributed by atoms with Crippen LogP contribution in [0, 0.1) is 0 Å². The van der Waals surface area contributed by atoms with Crippen molar-refractivity contribution in [3.05, 3.63) is 28.8 Å². The molecule has 25 heavy (non-hydrogen) atoms. The molecule has 8 heteroatoms. The van der Waals surface area contributed by atoms with E-state index in [1.54, 1.807) is 6.07 Å². The molecule has 1 aromatic rings. The summed E-state index contributed by atoms with van der Waals surface area (Å²) in [6, 6.07) is 4.36. The number of nitrogens with one attached hydrogen (secondary N) is 1. The molecule has 1 saturated heterocycles. The largest absolute Gasteiger partial charge is 0.379 e. The highest BCUT2D eigenvalue weighted by Crippen LogP contribution is 2.26. The van der Waals surface area contributed by atoms with Crippen molar-refractivity contribution in [3.63, 3.8) is 0 Å². The minimum Gasteiger partial charge on any atom is -0.379 e. The monoisotopic (exact) mass is 388 g/mol. The second kappa shape index (κ2) is 9.52. The predicted molar refractivity (Wildman–Crippen MR) is 97.5 cm³/mol.